The van der Waals surface area contributed by atoms with Crippen molar-refractivity contribution in [1.29, 1.82) is 0 Å². The molecule has 0 radical (unpaired) electrons. The van der Waals surface area contributed by atoms with Crippen molar-refractivity contribution in [2.24, 2.45) is 0 Å². The van der Waals surface area contributed by atoms with Gasteiger partial charge in [-0.15, -0.1) is 0 Å². The summed E-state index contributed by atoms with van der Waals surface area (Å²) in [7, 11) is 1.51. The fraction of sp³-hybridized carbons (Fsp3) is 0.200. The lowest BCUT2D eigenvalue weighted by Crippen LogP contribution is -2.33. The normalized spacial score (nSPS) is 10.5. The highest BCUT2D eigenvalue weighted by atomic mass is 16.5. The summed E-state index contributed by atoms with van der Waals surface area (Å²) >= 11 is 0. The summed E-state index contributed by atoms with van der Waals surface area (Å²) in [6, 6.07) is 24.9. The molecule has 154 valence electrons. The van der Waals surface area contributed by atoms with Crippen LogP contribution in [0.4, 0.5) is 11.4 Å². The molecule has 0 saturated carbocycles. The van der Waals surface area contributed by atoms with Crippen molar-refractivity contribution in [2.75, 3.05) is 23.9 Å². The van der Waals surface area contributed by atoms with Gasteiger partial charge < -0.3 is 15.0 Å². The molecule has 3 aromatic rings. The van der Waals surface area contributed by atoms with Gasteiger partial charge in [-0.2, -0.15) is 0 Å². The van der Waals surface area contributed by atoms with Crippen LogP contribution in [0, 0.1) is 6.92 Å². The third-order valence-corrected chi connectivity index (χ3v) is 4.67. The van der Waals surface area contributed by atoms with Gasteiger partial charge in [-0.25, -0.2) is 0 Å². The number of nitrogens with zero attached hydrogens (tertiary/aromatic N) is 1. The topological polar surface area (TPSA) is 58.6 Å². The molecule has 0 saturated heterocycles. The van der Waals surface area contributed by atoms with E-state index in [0.29, 0.717) is 6.54 Å². The molecule has 0 spiro atoms. The number of anilines is 2. The minimum Gasteiger partial charge on any atom is -0.375 e. The molecule has 0 aliphatic carbocycles. The van der Waals surface area contributed by atoms with E-state index >= 15 is 0 Å². The van der Waals surface area contributed by atoms with E-state index in [1.807, 2.05) is 85.8 Å². The smallest absolute Gasteiger partial charge is 0.253 e. The van der Waals surface area contributed by atoms with Crippen molar-refractivity contribution in [2.45, 2.75) is 19.9 Å². The summed E-state index contributed by atoms with van der Waals surface area (Å²) in [5, 5.41) is 2.89. The first-order valence-corrected chi connectivity index (χ1v) is 9.84. The van der Waals surface area contributed by atoms with Gasteiger partial charge in [0, 0.05) is 18.5 Å². The van der Waals surface area contributed by atoms with Crippen LogP contribution >= 0.6 is 0 Å². The first kappa shape index (κ1) is 21.3. The van der Waals surface area contributed by atoms with Gasteiger partial charge in [0.05, 0.1) is 13.0 Å². The van der Waals surface area contributed by atoms with Crippen LogP contribution < -0.4 is 10.2 Å². The lowest BCUT2D eigenvalue weighted by atomic mass is 10.1. The molecule has 0 atom stereocenters. The van der Waals surface area contributed by atoms with E-state index in [-0.39, 0.29) is 24.8 Å². The van der Waals surface area contributed by atoms with Crippen molar-refractivity contribution in [1.82, 2.24) is 0 Å². The summed E-state index contributed by atoms with van der Waals surface area (Å²) in [6.45, 7) is 2.45. The number of methoxy groups -OCH3 is 1. The van der Waals surface area contributed by atoms with Gasteiger partial charge in [-0.3, -0.25) is 9.59 Å². The van der Waals surface area contributed by atoms with Gasteiger partial charge in [0.2, 0.25) is 5.91 Å². The summed E-state index contributed by atoms with van der Waals surface area (Å²) < 4.78 is 5.07. The number of ether oxygens (including phenoxy) is 1. The van der Waals surface area contributed by atoms with E-state index in [1.165, 1.54) is 12.7 Å². The third kappa shape index (κ3) is 6.03. The molecule has 2 amide bonds. The molecule has 1 N–H and O–H groups in total. The SMILES string of the molecule is COCC(=O)N(Cc1ccc(C)cc1)c1cccc(CC(=O)Nc2ccccc2)c1. The Kier molecular flexibility index (Phi) is 7.35. The maximum Gasteiger partial charge on any atom is 0.253 e. The number of aryl methyl sites for hydroxylation is 1. The monoisotopic (exact) mass is 402 g/mol. The van der Waals surface area contributed by atoms with Crippen LogP contribution in [0.3, 0.4) is 0 Å². The molecular weight excluding hydrogens is 376 g/mol. The maximum absolute atomic E-state index is 12.7. The van der Waals surface area contributed by atoms with Crippen LogP contribution in [0.1, 0.15) is 16.7 Å². The Hall–Kier alpha value is -3.44. The van der Waals surface area contributed by atoms with Gasteiger partial charge in [-0.05, 0) is 42.3 Å². The van der Waals surface area contributed by atoms with Crippen LogP contribution in [0.5, 0.6) is 0 Å². The quantitative estimate of drug-likeness (QED) is 0.609. The van der Waals surface area contributed by atoms with Crippen LogP contribution in [0.15, 0.2) is 78.9 Å². The predicted octanol–water partition coefficient (Wildman–Crippen LogP) is 4.36. The molecule has 5 heteroatoms. The number of para-hydroxylation sites is 1. The van der Waals surface area contributed by atoms with Crippen LogP contribution in [-0.4, -0.2) is 25.5 Å². The summed E-state index contributed by atoms with van der Waals surface area (Å²) in [6.07, 6.45) is 0.222. The fourth-order valence-corrected chi connectivity index (χ4v) is 3.15. The Bertz CT molecular complexity index is 985. The van der Waals surface area contributed by atoms with Crippen molar-refractivity contribution in [3.63, 3.8) is 0 Å². The van der Waals surface area contributed by atoms with Gasteiger partial charge in [0.15, 0.2) is 0 Å². The second-order valence-electron chi connectivity index (χ2n) is 7.16. The number of amides is 2. The van der Waals surface area contributed by atoms with E-state index in [9.17, 15) is 9.59 Å². The molecule has 0 bridgehead atoms. The lowest BCUT2D eigenvalue weighted by Gasteiger charge is -2.23. The van der Waals surface area contributed by atoms with Crippen molar-refractivity contribution in [3.8, 4) is 0 Å². The largest absolute Gasteiger partial charge is 0.375 e. The van der Waals surface area contributed by atoms with Gasteiger partial charge >= 0.3 is 0 Å². The average Bonchev–Trinajstić information content (AvgIpc) is 2.74. The number of hydrogen-bond donors (Lipinski definition) is 1. The number of nitrogens with one attached hydrogen (secondary N) is 1. The minimum absolute atomic E-state index is 0.00934. The van der Waals surface area contributed by atoms with Gasteiger partial charge in [-0.1, -0.05) is 60.2 Å². The van der Waals surface area contributed by atoms with E-state index in [0.717, 1.165) is 22.5 Å². The standard InChI is InChI=1S/C25H26N2O3/c1-19-11-13-20(14-12-19)17-27(25(29)18-30-2)23-10-6-7-21(15-23)16-24(28)26-22-8-4-3-5-9-22/h3-15H,16-18H2,1-2H3,(H,26,28). The van der Waals surface area contributed by atoms with Crippen molar-refractivity contribution < 1.29 is 14.3 Å². The number of carbonyl (C=O) groups excluding carboxylic acids is 2. The second kappa shape index (κ2) is 10.4. The fourth-order valence-electron chi connectivity index (χ4n) is 3.15. The van der Waals surface area contributed by atoms with E-state index < -0.39 is 0 Å². The van der Waals surface area contributed by atoms with E-state index in [4.69, 9.17) is 4.74 Å². The molecule has 0 aliphatic heterocycles. The van der Waals surface area contributed by atoms with Crippen LogP contribution in [0.2, 0.25) is 0 Å². The number of carbonyl (C=O) groups is 2. The molecule has 5 nitrogen and oxygen atoms in total. The van der Waals surface area contributed by atoms with Crippen molar-refractivity contribution >= 4 is 23.2 Å². The molecular formula is C25H26N2O3. The Morgan fingerprint density at radius 3 is 2.33 bits per heavy atom. The maximum atomic E-state index is 12.7. The zero-order valence-corrected chi connectivity index (χ0v) is 17.3. The average molecular weight is 402 g/mol. The highest BCUT2D eigenvalue weighted by Gasteiger charge is 2.17. The molecule has 0 fully saturated rings. The summed E-state index contributed by atoms with van der Waals surface area (Å²) in [5.41, 5.74) is 4.52. The highest BCUT2D eigenvalue weighted by molar-refractivity contribution is 5.95. The second-order valence-corrected chi connectivity index (χ2v) is 7.16. The van der Waals surface area contributed by atoms with Gasteiger partial charge in [0.1, 0.15) is 6.61 Å². The van der Waals surface area contributed by atoms with E-state index in [2.05, 4.69) is 5.32 Å². The summed E-state index contributed by atoms with van der Waals surface area (Å²) in [4.78, 5) is 26.8. The molecule has 0 heterocycles. The van der Waals surface area contributed by atoms with Crippen LogP contribution in [-0.2, 0) is 27.3 Å². The van der Waals surface area contributed by atoms with Gasteiger partial charge in [0.25, 0.3) is 5.91 Å². The number of rotatable bonds is 8. The molecule has 3 aromatic carbocycles. The first-order chi connectivity index (χ1) is 14.5. The Morgan fingerprint density at radius 1 is 0.900 bits per heavy atom. The number of benzene rings is 3. The van der Waals surface area contributed by atoms with Crippen LogP contribution in [0.25, 0.3) is 0 Å². The zero-order valence-electron chi connectivity index (χ0n) is 17.3. The molecule has 0 aromatic heterocycles. The minimum atomic E-state index is -0.135. The molecule has 30 heavy (non-hydrogen) atoms. The lowest BCUT2D eigenvalue weighted by molar-refractivity contribution is -0.122. The van der Waals surface area contributed by atoms with E-state index in [1.54, 1.807) is 4.90 Å². The molecule has 3 rings (SSSR count). The summed E-state index contributed by atoms with van der Waals surface area (Å²) in [5.74, 6) is -0.240. The Balaban J connectivity index is 1.77. The Labute approximate surface area is 177 Å². The zero-order chi connectivity index (χ0) is 21.3. The molecule has 0 unspecified atom stereocenters. The first-order valence-electron chi connectivity index (χ1n) is 9.84. The van der Waals surface area contributed by atoms with Crippen molar-refractivity contribution in [3.05, 3.63) is 95.6 Å². The molecule has 0 aliphatic rings. The predicted molar refractivity (Wildman–Crippen MR) is 119 cm³/mol. The number of hydrogen-bond acceptors (Lipinski definition) is 3. The highest BCUT2D eigenvalue weighted by Crippen LogP contribution is 2.20. The third-order valence-electron chi connectivity index (χ3n) is 4.67. The Morgan fingerprint density at radius 2 is 1.63 bits per heavy atom.